The number of benzene rings is 2. The second kappa shape index (κ2) is 5.76. The van der Waals surface area contributed by atoms with Gasteiger partial charge >= 0.3 is 0 Å². The van der Waals surface area contributed by atoms with Crippen LogP contribution in [0, 0.1) is 6.92 Å². The fourth-order valence-electron chi connectivity index (χ4n) is 2.01. The summed E-state index contributed by atoms with van der Waals surface area (Å²) in [6, 6.07) is 13.5. The summed E-state index contributed by atoms with van der Waals surface area (Å²) >= 11 is 7.58. The third kappa shape index (κ3) is 3.17. The molecule has 0 radical (unpaired) electrons. The number of nitrogens with one attached hydrogen (secondary N) is 1. The minimum Gasteiger partial charge on any atom is -0.399 e. The lowest BCUT2D eigenvalue weighted by molar-refractivity contribution is 1.36. The molecular weight excluding hydrogens is 302 g/mol. The van der Waals surface area contributed by atoms with Crippen molar-refractivity contribution in [2.24, 2.45) is 0 Å². The summed E-state index contributed by atoms with van der Waals surface area (Å²) in [5.41, 5.74) is 10.6. The van der Waals surface area contributed by atoms with E-state index in [4.69, 9.17) is 17.3 Å². The van der Waals surface area contributed by atoms with E-state index in [0.717, 1.165) is 33.3 Å². The Labute approximate surface area is 132 Å². The summed E-state index contributed by atoms with van der Waals surface area (Å²) in [6.45, 7) is 2.03. The summed E-state index contributed by atoms with van der Waals surface area (Å²) in [4.78, 5) is 4.60. The number of hydrogen-bond donors (Lipinski definition) is 2. The van der Waals surface area contributed by atoms with Crippen molar-refractivity contribution >= 4 is 39.4 Å². The Bertz CT molecular complexity index is 783. The van der Waals surface area contributed by atoms with Gasteiger partial charge in [0.25, 0.3) is 0 Å². The van der Waals surface area contributed by atoms with Crippen LogP contribution in [0.25, 0.3) is 11.3 Å². The Morgan fingerprint density at radius 2 is 2.05 bits per heavy atom. The van der Waals surface area contributed by atoms with Gasteiger partial charge in [-0.2, -0.15) is 0 Å². The smallest absolute Gasteiger partial charge is 0.187 e. The topological polar surface area (TPSA) is 50.9 Å². The number of rotatable bonds is 3. The molecule has 3 N–H and O–H groups in total. The molecule has 0 saturated heterocycles. The van der Waals surface area contributed by atoms with Crippen molar-refractivity contribution in [2.75, 3.05) is 11.1 Å². The Hall–Kier alpha value is -2.04. The van der Waals surface area contributed by atoms with Crippen LogP contribution in [0.5, 0.6) is 0 Å². The van der Waals surface area contributed by atoms with Crippen LogP contribution in [-0.4, -0.2) is 4.98 Å². The van der Waals surface area contributed by atoms with Gasteiger partial charge in [-0.25, -0.2) is 4.98 Å². The van der Waals surface area contributed by atoms with Crippen molar-refractivity contribution in [2.45, 2.75) is 6.92 Å². The van der Waals surface area contributed by atoms with Gasteiger partial charge in [-0.1, -0.05) is 29.8 Å². The molecule has 0 unspecified atom stereocenters. The zero-order valence-corrected chi connectivity index (χ0v) is 13.0. The number of nitrogens with zero attached hydrogens (tertiary/aromatic N) is 1. The summed E-state index contributed by atoms with van der Waals surface area (Å²) in [7, 11) is 0. The SMILES string of the molecule is Cc1ccc(Cl)cc1Nc1nc(-c2cccc(N)c2)cs1. The van der Waals surface area contributed by atoms with Gasteiger partial charge in [-0.15, -0.1) is 11.3 Å². The lowest BCUT2D eigenvalue weighted by Crippen LogP contribution is -1.92. The minimum absolute atomic E-state index is 0.704. The molecule has 0 saturated carbocycles. The van der Waals surface area contributed by atoms with Crippen molar-refractivity contribution in [1.29, 1.82) is 0 Å². The number of thiazole rings is 1. The number of anilines is 3. The van der Waals surface area contributed by atoms with E-state index in [0.29, 0.717) is 5.02 Å². The quantitative estimate of drug-likeness (QED) is 0.661. The molecule has 106 valence electrons. The van der Waals surface area contributed by atoms with Crippen LogP contribution in [-0.2, 0) is 0 Å². The van der Waals surface area contributed by atoms with Gasteiger partial charge in [0.05, 0.1) is 5.69 Å². The van der Waals surface area contributed by atoms with Gasteiger partial charge in [0.15, 0.2) is 5.13 Å². The Kier molecular flexibility index (Phi) is 3.82. The summed E-state index contributed by atoms with van der Waals surface area (Å²) in [5.74, 6) is 0. The molecule has 0 fully saturated rings. The van der Waals surface area contributed by atoms with E-state index >= 15 is 0 Å². The number of nitrogen functional groups attached to an aromatic ring is 1. The fraction of sp³-hybridized carbons (Fsp3) is 0.0625. The fourth-order valence-corrected chi connectivity index (χ4v) is 2.91. The molecule has 2 aromatic carbocycles. The van der Waals surface area contributed by atoms with Gasteiger partial charge in [-0.3, -0.25) is 0 Å². The van der Waals surface area contributed by atoms with E-state index in [1.165, 1.54) is 0 Å². The molecule has 0 spiro atoms. The molecule has 0 amide bonds. The van der Waals surface area contributed by atoms with Crippen molar-refractivity contribution < 1.29 is 0 Å². The van der Waals surface area contributed by atoms with E-state index in [9.17, 15) is 0 Å². The second-order valence-electron chi connectivity index (χ2n) is 4.75. The first-order valence-corrected chi connectivity index (χ1v) is 7.72. The van der Waals surface area contributed by atoms with Crippen molar-refractivity contribution in [1.82, 2.24) is 4.98 Å². The predicted octanol–water partition coefficient (Wildman–Crippen LogP) is 5.10. The molecule has 3 aromatic rings. The number of halogens is 1. The molecule has 1 aromatic heterocycles. The van der Waals surface area contributed by atoms with E-state index in [2.05, 4.69) is 10.3 Å². The van der Waals surface area contributed by atoms with E-state index in [-0.39, 0.29) is 0 Å². The van der Waals surface area contributed by atoms with Crippen LogP contribution < -0.4 is 11.1 Å². The molecule has 0 aliphatic rings. The third-order valence-electron chi connectivity index (χ3n) is 3.13. The summed E-state index contributed by atoms with van der Waals surface area (Å²) < 4.78 is 0. The molecule has 5 heteroatoms. The van der Waals surface area contributed by atoms with Crippen molar-refractivity contribution in [3.63, 3.8) is 0 Å². The van der Waals surface area contributed by atoms with Crippen molar-refractivity contribution in [3.8, 4) is 11.3 Å². The number of hydrogen-bond acceptors (Lipinski definition) is 4. The average molecular weight is 316 g/mol. The Morgan fingerprint density at radius 3 is 2.86 bits per heavy atom. The van der Waals surface area contributed by atoms with E-state index < -0.39 is 0 Å². The van der Waals surface area contributed by atoms with Crippen LogP contribution in [0.2, 0.25) is 5.02 Å². The third-order valence-corrected chi connectivity index (χ3v) is 4.12. The number of aromatic nitrogens is 1. The second-order valence-corrected chi connectivity index (χ2v) is 6.04. The molecular formula is C16H14ClN3S. The molecule has 3 rings (SSSR count). The molecule has 0 aliphatic carbocycles. The van der Waals surface area contributed by atoms with Gasteiger partial charge < -0.3 is 11.1 Å². The van der Waals surface area contributed by atoms with Crippen LogP contribution in [0.1, 0.15) is 5.56 Å². The first-order chi connectivity index (χ1) is 10.1. The highest BCUT2D eigenvalue weighted by Crippen LogP contribution is 2.30. The Morgan fingerprint density at radius 1 is 1.19 bits per heavy atom. The highest BCUT2D eigenvalue weighted by atomic mass is 35.5. The maximum atomic E-state index is 6.03. The zero-order valence-electron chi connectivity index (χ0n) is 11.4. The molecule has 0 aliphatic heterocycles. The summed E-state index contributed by atoms with van der Waals surface area (Å²) in [5, 5.41) is 6.86. The first-order valence-electron chi connectivity index (χ1n) is 6.46. The maximum absolute atomic E-state index is 6.03. The highest BCUT2D eigenvalue weighted by molar-refractivity contribution is 7.14. The zero-order chi connectivity index (χ0) is 14.8. The maximum Gasteiger partial charge on any atom is 0.187 e. The predicted molar refractivity (Wildman–Crippen MR) is 91.4 cm³/mol. The normalized spacial score (nSPS) is 10.6. The van der Waals surface area contributed by atoms with Gasteiger partial charge in [-0.05, 0) is 36.8 Å². The van der Waals surface area contributed by atoms with Gasteiger partial charge in [0, 0.05) is 27.3 Å². The van der Waals surface area contributed by atoms with E-state index in [1.54, 1.807) is 11.3 Å². The molecule has 0 atom stereocenters. The van der Waals surface area contributed by atoms with Crippen LogP contribution in [0.4, 0.5) is 16.5 Å². The molecule has 1 heterocycles. The summed E-state index contributed by atoms with van der Waals surface area (Å²) in [6.07, 6.45) is 0. The molecule has 3 nitrogen and oxygen atoms in total. The minimum atomic E-state index is 0.704. The van der Waals surface area contributed by atoms with Gasteiger partial charge in [0.2, 0.25) is 0 Å². The lowest BCUT2D eigenvalue weighted by atomic mass is 10.1. The Balaban J connectivity index is 1.87. The molecule has 21 heavy (non-hydrogen) atoms. The van der Waals surface area contributed by atoms with Gasteiger partial charge in [0.1, 0.15) is 0 Å². The van der Waals surface area contributed by atoms with Crippen molar-refractivity contribution in [3.05, 3.63) is 58.4 Å². The largest absolute Gasteiger partial charge is 0.399 e. The first kappa shape index (κ1) is 13.9. The van der Waals surface area contributed by atoms with Crippen LogP contribution in [0.15, 0.2) is 47.8 Å². The number of nitrogens with two attached hydrogens (primary N) is 1. The monoisotopic (exact) mass is 315 g/mol. The number of aryl methyl sites for hydroxylation is 1. The molecule has 0 bridgehead atoms. The average Bonchev–Trinajstić information content (AvgIpc) is 2.91. The van der Waals surface area contributed by atoms with Crippen LogP contribution >= 0.6 is 22.9 Å². The highest BCUT2D eigenvalue weighted by Gasteiger charge is 2.07. The standard InChI is InChI=1S/C16H14ClN3S/c1-10-5-6-12(17)8-14(10)19-16-20-15(9-21-16)11-3-2-4-13(18)7-11/h2-9H,18H2,1H3,(H,19,20). The lowest BCUT2D eigenvalue weighted by Gasteiger charge is -2.06. The van der Waals surface area contributed by atoms with E-state index in [1.807, 2.05) is 54.8 Å². The van der Waals surface area contributed by atoms with Crippen LogP contribution in [0.3, 0.4) is 0 Å².